The van der Waals surface area contributed by atoms with Gasteiger partial charge in [0.2, 0.25) is 5.91 Å². The molecule has 1 aliphatic heterocycles. The van der Waals surface area contributed by atoms with E-state index in [2.05, 4.69) is 10.4 Å². The number of benzene rings is 1. The predicted molar refractivity (Wildman–Crippen MR) is 84.2 cm³/mol. The van der Waals surface area contributed by atoms with Gasteiger partial charge in [0.1, 0.15) is 0 Å². The Balaban J connectivity index is 1.93. The maximum Gasteiger partial charge on any atom is 0.416 e. The van der Waals surface area contributed by atoms with E-state index in [9.17, 15) is 18.0 Å². The summed E-state index contributed by atoms with van der Waals surface area (Å²) in [6, 6.07) is 4.83. The molecule has 1 amide bonds. The van der Waals surface area contributed by atoms with Crippen LogP contribution in [0.2, 0.25) is 0 Å². The normalized spacial score (nSPS) is 21.4. The van der Waals surface area contributed by atoms with Crippen LogP contribution in [0.15, 0.2) is 36.7 Å². The Morgan fingerprint density at radius 3 is 2.72 bits per heavy atom. The van der Waals surface area contributed by atoms with E-state index >= 15 is 0 Å². The van der Waals surface area contributed by atoms with Crippen LogP contribution in [0.4, 0.5) is 13.2 Å². The molecule has 0 aliphatic carbocycles. The molecule has 2 N–H and O–H groups in total. The van der Waals surface area contributed by atoms with Crippen LogP contribution >= 0.6 is 0 Å². The van der Waals surface area contributed by atoms with Crippen molar-refractivity contribution in [2.45, 2.75) is 25.1 Å². The largest absolute Gasteiger partial charge is 0.416 e. The first-order valence-corrected chi connectivity index (χ1v) is 7.46. The summed E-state index contributed by atoms with van der Waals surface area (Å²) < 4.78 is 39.9. The van der Waals surface area contributed by atoms with E-state index in [-0.39, 0.29) is 24.0 Å². The van der Waals surface area contributed by atoms with Gasteiger partial charge in [0.25, 0.3) is 0 Å². The molecule has 0 saturated carbocycles. The number of alkyl halides is 3. The SMILES string of the molecule is CN1C(=N)N[C@](C)(c2cnn(-c3cccc(C(F)(F)F)c3)c2)CC1=O. The molecule has 2 heterocycles. The highest BCUT2D eigenvalue weighted by Crippen LogP contribution is 2.31. The van der Waals surface area contributed by atoms with Crippen molar-refractivity contribution in [1.29, 1.82) is 5.41 Å². The highest BCUT2D eigenvalue weighted by molar-refractivity contribution is 5.98. The zero-order chi connectivity index (χ0) is 18.4. The van der Waals surface area contributed by atoms with Crippen LogP contribution < -0.4 is 5.32 Å². The second kappa shape index (κ2) is 5.61. The Bertz CT molecular complexity index is 824. The number of nitrogens with zero attached hydrogens (tertiary/aromatic N) is 3. The number of rotatable bonds is 2. The van der Waals surface area contributed by atoms with Crippen molar-refractivity contribution < 1.29 is 18.0 Å². The number of guanidine groups is 1. The van der Waals surface area contributed by atoms with Crippen molar-refractivity contribution in [3.63, 3.8) is 0 Å². The second-order valence-electron chi connectivity index (χ2n) is 6.16. The second-order valence-corrected chi connectivity index (χ2v) is 6.16. The molecule has 1 aliphatic rings. The van der Waals surface area contributed by atoms with Gasteiger partial charge in [-0.2, -0.15) is 18.3 Å². The molecule has 6 nitrogen and oxygen atoms in total. The van der Waals surface area contributed by atoms with Crippen LogP contribution in [-0.2, 0) is 16.5 Å². The van der Waals surface area contributed by atoms with E-state index in [1.54, 1.807) is 13.1 Å². The summed E-state index contributed by atoms with van der Waals surface area (Å²) in [5.74, 6) is -0.261. The summed E-state index contributed by atoms with van der Waals surface area (Å²) in [5, 5.41) is 14.9. The lowest BCUT2D eigenvalue weighted by atomic mass is 9.89. The molecule has 0 spiro atoms. The van der Waals surface area contributed by atoms with Crippen LogP contribution in [0, 0.1) is 5.41 Å². The van der Waals surface area contributed by atoms with Crippen molar-refractivity contribution in [3.8, 4) is 5.69 Å². The molecule has 1 aromatic heterocycles. The third-order valence-corrected chi connectivity index (χ3v) is 4.27. The Kier molecular flexibility index (Phi) is 3.81. The van der Waals surface area contributed by atoms with Crippen LogP contribution in [0.3, 0.4) is 0 Å². The van der Waals surface area contributed by atoms with Crippen LogP contribution in [-0.4, -0.2) is 33.6 Å². The Labute approximate surface area is 141 Å². The third-order valence-electron chi connectivity index (χ3n) is 4.27. The van der Waals surface area contributed by atoms with Crippen molar-refractivity contribution in [3.05, 3.63) is 47.8 Å². The van der Waals surface area contributed by atoms with Crippen molar-refractivity contribution in [1.82, 2.24) is 20.0 Å². The van der Waals surface area contributed by atoms with Gasteiger partial charge in [0.05, 0.1) is 29.4 Å². The fourth-order valence-corrected chi connectivity index (χ4v) is 2.68. The first-order chi connectivity index (χ1) is 11.6. The molecule has 1 saturated heterocycles. The van der Waals surface area contributed by atoms with E-state index in [0.29, 0.717) is 5.56 Å². The molecule has 1 atom stereocenters. The summed E-state index contributed by atoms with van der Waals surface area (Å²) in [6.45, 7) is 1.75. The number of amides is 1. The molecular formula is C16H16F3N5O. The lowest BCUT2D eigenvalue weighted by Crippen LogP contribution is -2.58. The maximum absolute atomic E-state index is 12.9. The summed E-state index contributed by atoms with van der Waals surface area (Å²) in [5.41, 5.74) is -0.738. The zero-order valence-electron chi connectivity index (χ0n) is 13.6. The van der Waals surface area contributed by atoms with Crippen molar-refractivity contribution in [2.24, 2.45) is 0 Å². The van der Waals surface area contributed by atoms with Gasteiger partial charge in [-0.3, -0.25) is 15.1 Å². The van der Waals surface area contributed by atoms with E-state index in [1.807, 2.05) is 0 Å². The van der Waals surface area contributed by atoms with Crippen molar-refractivity contribution >= 4 is 11.9 Å². The molecule has 1 fully saturated rings. The minimum Gasteiger partial charge on any atom is -0.346 e. The maximum atomic E-state index is 12.9. The van der Waals surface area contributed by atoms with Gasteiger partial charge in [-0.05, 0) is 25.1 Å². The highest BCUT2D eigenvalue weighted by Gasteiger charge is 2.39. The van der Waals surface area contributed by atoms with Gasteiger partial charge >= 0.3 is 6.18 Å². The average Bonchev–Trinajstić information content (AvgIpc) is 3.03. The number of nitrogens with one attached hydrogen (secondary N) is 2. The molecule has 3 rings (SSSR count). The van der Waals surface area contributed by atoms with Gasteiger partial charge in [-0.25, -0.2) is 4.68 Å². The van der Waals surface area contributed by atoms with Crippen molar-refractivity contribution in [2.75, 3.05) is 7.05 Å². The fraction of sp³-hybridized carbons (Fsp3) is 0.312. The number of carbonyl (C=O) groups excluding carboxylic acids is 1. The molecule has 0 radical (unpaired) electrons. The van der Waals surface area contributed by atoms with E-state index in [1.165, 1.54) is 35.0 Å². The molecule has 132 valence electrons. The van der Waals surface area contributed by atoms with Crippen LogP contribution in [0.1, 0.15) is 24.5 Å². The number of halogens is 3. The van der Waals surface area contributed by atoms with Gasteiger partial charge < -0.3 is 5.32 Å². The van der Waals surface area contributed by atoms with E-state index < -0.39 is 17.3 Å². The number of carbonyl (C=O) groups is 1. The summed E-state index contributed by atoms with van der Waals surface area (Å²) in [7, 11) is 1.50. The van der Waals surface area contributed by atoms with Crippen LogP contribution in [0.25, 0.3) is 5.69 Å². The van der Waals surface area contributed by atoms with Gasteiger partial charge in [0, 0.05) is 18.8 Å². The Morgan fingerprint density at radius 2 is 2.08 bits per heavy atom. The summed E-state index contributed by atoms with van der Waals surface area (Å²) in [6.07, 6.45) is -1.28. The topological polar surface area (TPSA) is 74.0 Å². The van der Waals surface area contributed by atoms with Gasteiger partial charge in [-0.1, -0.05) is 6.07 Å². The van der Waals surface area contributed by atoms with Gasteiger partial charge in [0.15, 0.2) is 5.96 Å². The molecule has 0 bridgehead atoms. The fourth-order valence-electron chi connectivity index (χ4n) is 2.68. The average molecular weight is 351 g/mol. The van der Waals surface area contributed by atoms with E-state index in [0.717, 1.165) is 12.1 Å². The molecule has 1 aromatic carbocycles. The first kappa shape index (κ1) is 17.0. The molecule has 0 unspecified atom stereocenters. The highest BCUT2D eigenvalue weighted by atomic mass is 19.4. The third kappa shape index (κ3) is 3.09. The predicted octanol–water partition coefficient (Wildman–Crippen LogP) is 2.49. The molecule has 25 heavy (non-hydrogen) atoms. The monoisotopic (exact) mass is 351 g/mol. The number of aromatic nitrogens is 2. The minimum atomic E-state index is -4.44. The minimum absolute atomic E-state index is 0.0365. The zero-order valence-corrected chi connectivity index (χ0v) is 13.6. The molecule has 9 heteroatoms. The Morgan fingerprint density at radius 1 is 1.36 bits per heavy atom. The van der Waals surface area contributed by atoms with E-state index in [4.69, 9.17) is 5.41 Å². The lowest BCUT2D eigenvalue weighted by Gasteiger charge is -2.38. The number of hydrogen-bond donors (Lipinski definition) is 2. The summed E-state index contributed by atoms with van der Waals surface area (Å²) in [4.78, 5) is 13.2. The smallest absolute Gasteiger partial charge is 0.346 e. The standard InChI is InChI=1S/C16H16F3N5O/c1-15(7-13(25)23(2)14(20)22-15)11-8-21-24(9-11)12-5-3-4-10(6-12)16(17,18)19/h3-6,8-9H,7H2,1-2H3,(H2,20,22)/t15-/m0/s1. The summed E-state index contributed by atoms with van der Waals surface area (Å²) >= 11 is 0. The number of hydrogen-bond acceptors (Lipinski definition) is 3. The molecule has 2 aromatic rings. The lowest BCUT2D eigenvalue weighted by molar-refractivity contribution is -0.137. The Hall–Kier alpha value is -2.84. The van der Waals surface area contributed by atoms with Gasteiger partial charge in [-0.15, -0.1) is 0 Å². The van der Waals surface area contributed by atoms with Crippen LogP contribution in [0.5, 0.6) is 0 Å². The first-order valence-electron chi connectivity index (χ1n) is 7.46. The molecular weight excluding hydrogens is 335 g/mol. The quantitative estimate of drug-likeness (QED) is 0.873.